The largest absolute Gasteiger partial charge is 0.349 e. The Hall–Kier alpha value is -2.83. The second-order valence-corrected chi connectivity index (χ2v) is 9.96. The Labute approximate surface area is 178 Å². The molecule has 5 nitrogen and oxygen atoms in total. The number of rotatable bonds is 3. The van der Waals surface area contributed by atoms with E-state index in [0.717, 1.165) is 40.2 Å². The lowest BCUT2D eigenvalue weighted by atomic mass is 9.95. The summed E-state index contributed by atoms with van der Waals surface area (Å²) in [4.78, 5) is 4.80. The molecule has 2 aliphatic rings. The molecule has 5 rings (SSSR count). The summed E-state index contributed by atoms with van der Waals surface area (Å²) in [5.41, 5.74) is 7.80. The smallest absolute Gasteiger partial charge is 0.242 e. The van der Waals surface area contributed by atoms with E-state index < -0.39 is 16.2 Å². The molecule has 0 aromatic heterocycles. The van der Waals surface area contributed by atoms with Crippen LogP contribution in [0.4, 0.5) is 11.4 Å². The van der Waals surface area contributed by atoms with Crippen LogP contribution in [-0.4, -0.2) is 15.1 Å². The van der Waals surface area contributed by atoms with Crippen molar-refractivity contribution in [3.8, 4) is 0 Å². The Balaban J connectivity index is 1.65. The Morgan fingerprint density at radius 3 is 2.27 bits per heavy atom. The minimum atomic E-state index is -3.69. The van der Waals surface area contributed by atoms with E-state index in [1.165, 1.54) is 5.56 Å². The molecule has 0 saturated heterocycles. The third-order valence-corrected chi connectivity index (χ3v) is 7.51. The highest BCUT2D eigenvalue weighted by Gasteiger charge is 2.39. The van der Waals surface area contributed by atoms with Gasteiger partial charge in [0.2, 0.25) is 10.0 Å². The first kappa shape index (κ1) is 19.2. The normalized spacial score (nSPS) is 17.5. The topological polar surface area (TPSA) is 52.7 Å². The van der Waals surface area contributed by atoms with E-state index in [4.69, 9.17) is 0 Å². The number of hydrogen-bond acceptors (Lipinski definition) is 4. The summed E-state index contributed by atoms with van der Waals surface area (Å²) in [7, 11) is -3.69. The van der Waals surface area contributed by atoms with Gasteiger partial charge in [0.05, 0.1) is 11.6 Å². The van der Waals surface area contributed by atoms with Gasteiger partial charge >= 0.3 is 0 Å². The minimum Gasteiger partial charge on any atom is -0.349 e. The number of fused-ring (bicyclic) bond motifs is 6. The zero-order valence-corrected chi connectivity index (χ0v) is 18.2. The zero-order valence-electron chi connectivity index (χ0n) is 17.4. The van der Waals surface area contributed by atoms with Crippen molar-refractivity contribution in [2.75, 3.05) is 16.5 Å². The molecule has 2 bridgehead atoms. The standard InChI is InChI=1S/C24H25N3O2S/c1-16-10-12-20(13-11-16)30(28,29)25-24-21-9-5-7-18(3)23(21)26-14-19-8-4-6-17(2)22(19)27(24)15-26/h4-13,24-25H,14-15H2,1-3H3/t24-/m0/s1. The van der Waals surface area contributed by atoms with Gasteiger partial charge in [-0.15, -0.1) is 0 Å². The summed E-state index contributed by atoms with van der Waals surface area (Å²) < 4.78 is 29.6. The summed E-state index contributed by atoms with van der Waals surface area (Å²) >= 11 is 0. The van der Waals surface area contributed by atoms with Crippen molar-refractivity contribution in [2.24, 2.45) is 0 Å². The fourth-order valence-corrected chi connectivity index (χ4v) is 5.87. The van der Waals surface area contributed by atoms with Crippen molar-refractivity contribution in [1.29, 1.82) is 0 Å². The summed E-state index contributed by atoms with van der Waals surface area (Å²) in [6.45, 7) is 7.60. The number of benzene rings is 3. The van der Waals surface area contributed by atoms with Crippen LogP contribution in [0.2, 0.25) is 0 Å². The number of nitrogens with zero attached hydrogens (tertiary/aromatic N) is 2. The van der Waals surface area contributed by atoms with Crippen LogP contribution >= 0.6 is 0 Å². The third-order valence-electron chi connectivity index (χ3n) is 6.08. The van der Waals surface area contributed by atoms with Gasteiger partial charge in [-0.1, -0.05) is 54.1 Å². The number of sulfonamides is 1. The molecule has 0 aliphatic carbocycles. The number of nitrogens with one attached hydrogen (secondary N) is 1. The van der Waals surface area contributed by atoms with E-state index in [-0.39, 0.29) is 4.90 Å². The molecule has 2 heterocycles. The quantitative estimate of drug-likeness (QED) is 0.684. The lowest BCUT2D eigenvalue weighted by molar-refractivity contribution is 0.506. The van der Waals surface area contributed by atoms with E-state index >= 15 is 0 Å². The molecule has 6 heteroatoms. The SMILES string of the molecule is Cc1ccc(S(=O)(=O)N[C@@H]2c3cccc(C)c3N3Cc4cccc(C)c4N2C3)cc1. The van der Waals surface area contributed by atoms with Crippen LogP contribution < -0.4 is 14.5 Å². The van der Waals surface area contributed by atoms with Crippen molar-refractivity contribution in [2.45, 2.75) is 38.4 Å². The van der Waals surface area contributed by atoms with Gasteiger partial charge in [-0.05, 0) is 49.6 Å². The highest BCUT2D eigenvalue weighted by Crippen LogP contribution is 2.45. The molecule has 0 amide bonds. The maximum atomic E-state index is 13.3. The molecule has 0 radical (unpaired) electrons. The average molecular weight is 420 g/mol. The van der Waals surface area contributed by atoms with E-state index in [1.807, 2.05) is 31.2 Å². The Kier molecular flexibility index (Phi) is 4.38. The maximum Gasteiger partial charge on any atom is 0.242 e. The molecule has 30 heavy (non-hydrogen) atoms. The summed E-state index contributed by atoms with van der Waals surface area (Å²) in [5.74, 6) is 0. The van der Waals surface area contributed by atoms with E-state index in [2.05, 4.69) is 52.6 Å². The Bertz CT molecular complexity index is 1240. The van der Waals surface area contributed by atoms with Crippen LogP contribution in [0.1, 0.15) is 34.0 Å². The van der Waals surface area contributed by atoms with Crippen molar-refractivity contribution in [3.63, 3.8) is 0 Å². The van der Waals surface area contributed by atoms with E-state index in [1.54, 1.807) is 12.1 Å². The summed E-state index contributed by atoms with van der Waals surface area (Å²) in [5, 5.41) is 0. The second-order valence-electron chi connectivity index (χ2n) is 8.24. The van der Waals surface area contributed by atoms with Crippen LogP contribution in [0.25, 0.3) is 0 Å². The molecule has 1 N–H and O–H groups in total. The molecule has 154 valence electrons. The number of anilines is 2. The molecule has 0 unspecified atom stereocenters. The van der Waals surface area contributed by atoms with Crippen molar-refractivity contribution in [3.05, 3.63) is 88.5 Å². The van der Waals surface area contributed by atoms with Gasteiger partial charge in [-0.3, -0.25) is 0 Å². The number of hydrogen-bond donors (Lipinski definition) is 1. The van der Waals surface area contributed by atoms with Gasteiger partial charge in [0.15, 0.2) is 0 Å². The first-order valence-electron chi connectivity index (χ1n) is 10.1. The molecule has 0 fully saturated rings. The first-order valence-corrected chi connectivity index (χ1v) is 11.6. The predicted octanol–water partition coefficient (Wildman–Crippen LogP) is 4.39. The molecule has 3 aromatic carbocycles. The second kappa shape index (κ2) is 6.86. The third kappa shape index (κ3) is 2.99. The van der Waals surface area contributed by atoms with Gasteiger partial charge in [-0.25, -0.2) is 8.42 Å². The number of para-hydroxylation sites is 2. The predicted molar refractivity (Wildman–Crippen MR) is 120 cm³/mol. The van der Waals surface area contributed by atoms with Crippen LogP contribution in [0.3, 0.4) is 0 Å². The van der Waals surface area contributed by atoms with Crippen molar-refractivity contribution < 1.29 is 8.42 Å². The van der Waals surface area contributed by atoms with Crippen molar-refractivity contribution in [1.82, 2.24) is 4.72 Å². The molecule has 0 spiro atoms. The molecule has 2 aliphatic heterocycles. The monoisotopic (exact) mass is 419 g/mol. The summed E-state index contributed by atoms with van der Waals surface area (Å²) in [6, 6.07) is 19.4. The average Bonchev–Trinajstić information content (AvgIpc) is 2.71. The lowest BCUT2D eigenvalue weighted by Crippen LogP contribution is -2.54. The van der Waals surface area contributed by atoms with Gasteiger partial charge in [0.25, 0.3) is 0 Å². The molecular formula is C24H25N3O2S. The number of aryl methyl sites for hydroxylation is 3. The van der Waals surface area contributed by atoms with Crippen molar-refractivity contribution >= 4 is 21.4 Å². The zero-order chi connectivity index (χ0) is 21.0. The highest BCUT2D eigenvalue weighted by molar-refractivity contribution is 7.89. The van der Waals surface area contributed by atoms with Gasteiger partial charge in [-0.2, -0.15) is 4.72 Å². The molecule has 3 aromatic rings. The van der Waals surface area contributed by atoms with Crippen LogP contribution in [-0.2, 0) is 16.6 Å². The van der Waals surface area contributed by atoms with Gasteiger partial charge in [0.1, 0.15) is 6.17 Å². The van der Waals surface area contributed by atoms with Crippen LogP contribution in [0.15, 0.2) is 65.6 Å². The van der Waals surface area contributed by atoms with Gasteiger partial charge < -0.3 is 9.80 Å². The fourth-order valence-electron chi connectivity index (χ4n) is 4.69. The highest BCUT2D eigenvalue weighted by atomic mass is 32.2. The van der Waals surface area contributed by atoms with Gasteiger partial charge in [0, 0.05) is 23.5 Å². The first-order chi connectivity index (χ1) is 14.3. The fraction of sp³-hybridized carbons (Fsp3) is 0.250. The lowest BCUT2D eigenvalue weighted by Gasteiger charge is -2.50. The maximum absolute atomic E-state index is 13.3. The Morgan fingerprint density at radius 2 is 1.53 bits per heavy atom. The molecule has 1 atom stereocenters. The molecule has 0 saturated carbocycles. The molecular weight excluding hydrogens is 394 g/mol. The minimum absolute atomic E-state index is 0.284. The van der Waals surface area contributed by atoms with E-state index in [9.17, 15) is 8.42 Å². The van der Waals surface area contributed by atoms with E-state index in [0.29, 0.717) is 6.67 Å². The summed E-state index contributed by atoms with van der Waals surface area (Å²) in [6.07, 6.45) is -0.470. The van der Waals surface area contributed by atoms with Crippen LogP contribution in [0.5, 0.6) is 0 Å². The Morgan fingerprint density at radius 1 is 0.867 bits per heavy atom. The van der Waals surface area contributed by atoms with Crippen LogP contribution in [0, 0.1) is 20.8 Å².